The fourth-order valence-electron chi connectivity index (χ4n) is 4.36. The van der Waals surface area contributed by atoms with Gasteiger partial charge in [-0.2, -0.15) is 0 Å². The van der Waals surface area contributed by atoms with Gasteiger partial charge in [0.05, 0.1) is 6.04 Å². The SMILES string of the molecule is NCCCC[C@H](NC(=O)[C@H](CCCCN)NC(=O)[C@@H](N)Cc1ccccc1)C(=O)N[C@@H](Cc1ccccc1)C(=O)O. The third kappa shape index (κ3) is 12.5. The third-order valence-electron chi connectivity index (χ3n) is 6.69. The summed E-state index contributed by atoms with van der Waals surface area (Å²) < 4.78 is 0. The number of aliphatic carboxylic acids is 1. The highest BCUT2D eigenvalue weighted by Gasteiger charge is 2.30. The Hall–Kier alpha value is -3.80. The maximum absolute atomic E-state index is 13.4. The first-order chi connectivity index (χ1) is 19.7. The van der Waals surface area contributed by atoms with E-state index < -0.39 is 47.9 Å². The van der Waals surface area contributed by atoms with Gasteiger partial charge >= 0.3 is 5.97 Å². The Morgan fingerprint density at radius 3 is 1.46 bits per heavy atom. The highest BCUT2D eigenvalue weighted by molar-refractivity contribution is 5.94. The lowest BCUT2D eigenvalue weighted by molar-refractivity contribution is -0.142. The lowest BCUT2D eigenvalue weighted by Gasteiger charge is -2.25. The zero-order chi connectivity index (χ0) is 30.0. The summed E-state index contributed by atoms with van der Waals surface area (Å²) in [6.07, 6.45) is 3.32. The average molecular weight is 569 g/mol. The molecule has 0 aliphatic rings. The van der Waals surface area contributed by atoms with Gasteiger partial charge in [-0.1, -0.05) is 60.7 Å². The predicted octanol–water partition coefficient (Wildman–Crippen LogP) is 0.596. The number of hydrogen-bond donors (Lipinski definition) is 7. The number of nitrogens with two attached hydrogens (primary N) is 3. The Bertz CT molecular complexity index is 1090. The van der Waals surface area contributed by atoms with Crippen LogP contribution in [0.3, 0.4) is 0 Å². The number of carboxylic acids is 1. The Balaban J connectivity index is 2.13. The van der Waals surface area contributed by atoms with Crippen molar-refractivity contribution < 1.29 is 24.3 Å². The lowest BCUT2D eigenvalue weighted by atomic mass is 10.0. The van der Waals surface area contributed by atoms with E-state index in [0.717, 1.165) is 11.1 Å². The second-order valence-corrected chi connectivity index (χ2v) is 10.1. The topological polar surface area (TPSA) is 203 Å². The molecule has 0 aliphatic carbocycles. The van der Waals surface area contributed by atoms with Crippen LogP contribution < -0.4 is 33.2 Å². The fraction of sp³-hybridized carbons (Fsp3) is 0.467. The summed E-state index contributed by atoms with van der Waals surface area (Å²) >= 11 is 0. The Labute approximate surface area is 241 Å². The molecule has 0 aromatic heterocycles. The summed E-state index contributed by atoms with van der Waals surface area (Å²) in [6.45, 7) is 0.836. The molecule has 3 amide bonds. The molecular weight excluding hydrogens is 524 g/mol. The summed E-state index contributed by atoms with van der Waals surface area (Å²) in [5.74, 6) is -2.84. The van der Waals surface area contributed by atoms with Gasteiger partial charge in [-0.25, -0.2) is 4.79 Å². The van der Waals surface area contributed by atoms with Crippen LogP contribution in [0.4, 0.5) is 0 Å². The second kappa shape index (κ2) is 18.5. The van der Waals surface area contributed by atoms with E-state index in [0.29, 0.717) is 51.6 Å². The van der Waals surface area contributed by atoms with Crippen LogP contribution in [0.2, 0.25) is 0 Å². The number of rotatable bonds is 19. The molecule has 224 valence electrons. The average Bonchev–Trinajstić information content (AvgIpc) is 2.96. The van der Waals surface area contributed by atoms with Crippen molar-refractivity contribution in [2.75, 3.05) is 13.1 Å². The standard InChI is InChI=1S/C30H44N6O5/c31-17-9-7-15-24(34-27(37)23(33)19-21-11-3-1-4-12-21)28(38)35-25(16-8-10-18-32)29(39)36-26(30(40)41)20-22-13-5-2-6-14-22/h1-6,11-14,23-26H,7-10,15-20,31-33H2,(H,34,37)(H,35,38)(H,36,39)(H,40,41)/t23-,24-,25-,26-/m0/s1. The zero-order valence-electron chi connectivity index (χ0n) is 23.5. The summed E-state index contributed by atoms with van der Waals surface area (Å²) in [4.78, 5) is 51.5. The van der Waals surface area contributed by atoms with E-state index >= 15 is 0 Å². The lowest BCUT2D eigenvalue weighted by Crippen LogP contribution is -2.57. The van der Waals surface area contributed by atoms with Crippen LogP contribution in [0.1, 0.15) is 49.7 Å². The molecule has 2 rings (SSSR count). The van der Waals surface area contributed by atoms with Gasteiger partial charge < -0.3 is 38.3 Å². The van der Waals surface area contributed by atoms with Crippen molar-refractivity contribution in [3.63, 3.8) is 0 Å². The number of carbonyl (C=O) groups is 4. The predicted molar refractivity (Wildman–Crippen MR) is 158 cm³/mol. The summed E-state index contributed by atoms with van der Waals surface area (Å²) in [5.41, 5.74) is 19.0. The van der Waals surface area contributed by atoms with E-state index in [1.165, 1.54) is 0 Å². The molecule has 0 spiro atoms. The van der Waals surface area contributed by atoms with Gasteiger partial charge in [0.15, 0.2) is 0 Å². The quantitative estimate of drug-likeness (QED) is 0.119. The van der Waals surface area contributed by atoms with Crippen molar-refractivity contribution in [2.24, 2.45) is 17.2 Å². The number of amides is 3. The molecule has 2 aromatic rings. The number of carboxylic acid groups (broad SMARTS) is 1. The van der Waals surface area contributed by atoms with Crippen molar-refractivity contribution in [3.8, 4) is 0 Å². The minimum absolute atomic E-state index is 0.0858. The highest BCUT2D eigenvalue weighted by Crippen LogP contribution is 2.09. The van der Waals surface area contributed by atoms with Crippen molar-refractivity contribution in [3.05, 3.63) is 71.8 Å². The van der Waals surface area contributed by atoms with E-state index in [1.807, 2.05) is 36.4 Å². The molecule has 0 aliphatic heterocycles. The van der Waals surface area contributed by atoms with Gasteiger partial charge in [-0.05, 0) is 69.2 Å². The van der Waals surface area contributed by atoms with Crippen LogP contribution in [-0.2, 0) is 32.0 Å². The molecule has 0 unspecified atom stereocenters. The van der Waals surface area contributed by atoms with Gasteiger partial charge in [0.25, 0.3) is 0 Å². The van der Waals surface area contributed by atoms with Crippen molar-refractivity contribution in [1.29, 1.82) is 0 Å². The molecule has 10 N–H and O–H groups in total. The van der Waals surface area contributed by atoms with E-state index in [4.69, 9.17) is 17.2 Å². The number of benzene rings is 2. The first-order valence-electron chi connectivity index (χ1n) is 14.1. The van der Waals surface area contributed by atoms with Crippen LogP contribution >= 0.6 is 0 Å². The second-order valence-electron chi connectivity index (χ2n) is 10.1. The summed E-state index contributed by atoms with van der Waals surface area (Å²) in [5, 5.41) is 17.8. The Morgan fingerprint density at radius 1 is 0.610 bits per heavy atom. The van der Waals surface area contributed by atoms with Crippen LogP contribution in [-0.4, -0.2) is 66.1 Å². The zero-order valence-corrected chi connectivity index (χ0v) is 23.5. The largest absolute Gasteiger partial charge is 0.480 e. The molecule has 41 heavy (non-hydrogen) atoms. The first kappa shape index (κ1) is 33.4. The molecule has 0 heterocycles. The van der Waals surface area contributed by atoms with Crippen molar-refractivity contribution in [1.82, 2.24) is 16.0 Å². The van der Waals surface area contributed by atoms with Crippen LogP contribution in [0.15, 0.2) is 60.7 Å². The number of carbonyl (C=O) groups excluding carboxylic acids is 3. The van der Waals surface area contributed by atoms with E-state index in [1.54, 1.807) is 24.3 Å². The number of unbranched alkanes of at least 4 members (excludes halogenated alkanes) is 2. The molecule has 0 fully saturated rings. The molecule has 2 aromatic carbocycles. The molecule has 4 atom stereocenters. The molecule has 0 radical (unpaired) electrons. The third-order valence-corrected chi connectivity index (χ3v) is 6.69. The maximum Gasteiger partial charge on any atom is 0.326 e. The van der Waals surface area contributed by atoms with Crippen LogP contribution in [0, 0.1) is 0 Å². The maximum atomic E-state index is 13.4. The normalized spacial score (nSPS) is 13.8. The van der Waals surface area contributed by atoms with Crippen LogP contribution in [0.5, 0.6) is 0 Å². The fourth-order valence-corrected chi connectivity index (χ4v) is 4.36. The van der Waals surface area contributed by atoms with E-state index in [9.17, 15) is 24.3 Å². The van der Waals surface area contributed by atoms with Crippen molar-refractivity contribution >= 4 is 23.7 Å². The van der Waals surface area contributed by atoms with E-state index in [-0.39, 0.29) is 12.8 Å². The van der Waals surface area contributed by atoms with Crippen molar-refractivity contribution in [2.45, 2.75) is 75.5 Å². The van der Waals surface area contributed by atoms with Gasteiger partial charge in [0, 0.05) is 6.42 Å². The Kier molecular flexibility index (Phi) is 15.1. The minimum atomic E-state index is -1.19. The van der Waals surface area contributed by atoms with Gasteiger partial charge in [-0.15, -0.1) is 0 Å². The molecule has 11 nitrogen and oxygen atoms in total. The molecular formula is C30H44N6O5. The van der Waals surface area contributed by atoms with Gasteiger partial charge in [0.1, 0.15) is 18.1 Å². The molecule has 0 bridgehead atoms. The molecule has 11 heteroatoms. The van der Waals surface area contributed by atoms with Gasteiger partial charge in [-0.3, -0.25) is 14.4 Å². The van der Waals surface area contributed by atoms with Crippen LogP contribution in [0.25, 0.3) is 0 Å². The summed E-state index contributed by atoms with van der Waals surface area (Å²) in [7, 11) is 0. The number of hydrogen-bond acceptors (Lipinski definition) is 7. The van der Waals surface area contributed by atoms with E-state index in [2.05, 4.69) is 16.0 Å². The smallest absolute Gasteiger partial charge is 0.326 e. The monoisotopic (exact) mass is 568 g/mol. The van der Waals surface area contributed by atoms with Gasteiger partial charge in [0.2, 0.25) is 17.7 Å². The minimum Gasteiger partial charge on any atom is -0.480 e. The number of nitrogens with one attached hydrogen (secondary N) is 3. The first-order valence-corrected chi connectivity index (χ1v) is 14.1. The highest BCUT2D eigenvalue weighted by atomic mass is 16.4. The Morgan fingerprint density at radius 2 is 1.02 bits per heavy atom. The molecule has 0 saturated carbocycles. The molecule has 0 saturated heterocycles. The summed E-state index contributed by atoms with van der Waals surface area (Å²) in [6, 6.07) is 14.2.